The Kier molecular flexibility index (Phi) is 6.85. The molecule has 1 saturated heterocycles. The van der Waals surface area contributed by atoms with Gasteiger partial charge in [0.2, 0.25) is 11.8 Å². The maximum Gasteiger partial charge on any atom is 0.329 e. The fraction of sp³-hybridized carbons (Fsp3) is 0.333. The average molecular weight is 553 g/mol. The average Bonchev–Trinajstić information content (AvgIpc) is 3.24. The molecule has 41 heavy (non-hydrogen) atoms. The molecule has 2 bridgehead atoms. The predicted octanol–water partition coefficient (Wildman–Crippen LogP) is 4.48. The molecule has 3 atom stereocenters. The highest BCUT2D eigenvalue weighted by molar-refractivity contribution is 6.10. The summed E-state index contributed by atoms with van der Waals surface area (Å²) < 4.78 is 10.5. The lowest BCUT2D eigenvalue weighted by atomic mass is 9.55. The smallest absolute Gasteiger partial charge is 0.329 e. The molecule has 8 nitrogen and oxygen atoms in total. The van der Waals surface area contributed by atoms with Crippen LogP contribution >= 0.6 is 0 Å². The van der Waals surface area contributed by atoms with Crippen molar-refractivity contribution in [3.8, 4) is 5.75 Å². The molecule has 3 aromatic carbocycles. The Morgan fingerprint density at radius 3 is 1.73 bits per heavy atom. The van der Waals surface area contributed by atoms with Gasteiger partial charge in [-0.05, 0) is 58.9 Å². The molecule has 1 aliphatic heterocycles. The fourth-order valence-corrected chi connectivity index (χ4v) is 6.87. The highest BCUT2D eigenvalue weighted by atomic mass is 16.5. The fourth-order valence-electron chi connectivity index (χ4n) is 6.87. The predicted molar refractivity (Wildman–Crippen MR) is 151 cm³/mol. The topological polar surface area (TPSA) is 102 Å². The quantitative estimate of drug-likeness (QED) is 0.327. The number of anilines is 1. The van der Waals surface area contributed by atoms with E-state index in [4.69, 9.17) is 9.47 Å². The molecule has 1 N–H and O–H groups in total. The Morgan fingerprint density at radius 2 is 1.29 bits per heavy atom. The minimum Gasteiger partial charge on any atom is -0.497 e. The van der Waals surface area contributed by atoms with Gasteiger partial charge >= 0.3 is 5.97 Å². The van der Waals surface area contributed by atoms with Crippen LogP contribution in [0.1, 0.15) is 54.4 Å². The monoisotopic (exact) mass is 552 g/mol. The van der Waals surface area contributed by atoms with E-state index in [2.05, 4.69) is 5.32 Å². The van der Waals surface area contributed by atoms with Crippen LogP contribution in [0.5, 0.6) is 5.75 Å². The molecule has 4 aliphatic rings. The normalized spacial score (nSPS) is 22.6. The number of rotatable bonds is 8. The first-order chi connectivity index (χ1) is 19.8. The molecule has 8 heteroatoms. The van der Waals surface area contributed by atoms with Crippen LogP contribution in [0.2, 0.25) is 0 Å². The lowest BCUT2D eigenvalue weighted by molar-refractivity contribution is -0.160. The van der Waals surface area contributed by atoms with Gasteiger partial charge in [-0.15, -0.1) is 0 Å². The number of likely N-dealkylation sites (tertiary alicyclic amines) is 1. The van der Waals surface area contributed by atoms with E-state index in [0.29, 0.717) is 11.4 Å². The van der Waals surface area contributed by atoms with Gasteiger partial charge in [0.25, 0.3) is 5.91 Å². The van der Waals surface area contributed by atoms with Gasteiger partial charge in [0.1, 0.15) is 11.8 Å². The zero-order valence-electron chi connectivity index (χ0n) is 23.2. The van der Waals surface area contributed by atoms with Crippen molar-refractivity contribution in [2.45, 2.75) is 38.1 Å². The Labute approximate surface area is 238 Å². The van der Waals surface area contributed by atoms with Crippen LogP contribution in [0.3, 0.4) is 0 Å². The van der Waals surface area contributed by atoms with Crippen molar-refractivity contribution in [3.63, 3.8) is 0 Å². The number of nitrogens with zero attached hydrogens (tertiary/aromatic N) is 1. The zero-order chi connectivity index (χ0) is 28.8. The van der Waals surface area contributed by atoms with E-state index in [9.17, 15) is 19.2 Å². The Balaban J connectivity index is 1.25. The first-order valence-corrected chi connectivity index (χ1v) is 13.9. The van der Waals surface area contributed by atoms with Crippen molar-refractivity contribution in [2.24, 2.45) is 17.8 Å². The highest BCUT2D eigenvalue weighted by Crippen LogP contribution is 2.61. The maximum atomic E-state index is 14.1. The van der Waals surface area contributed by atoms with Gasteiger partial charge < -0.3 is 14.8 Å². The van der Waals surface area contributed by atoms with Gasteiger partial charge in [0.15, 0.2) is 6.61 Å². The standard InChI is InChI=1S/C33H32N2O6/c1-18(2)16-25(33(39)41-17-26(36)34-19-12-14-20(40-3)15-13-19)35-31(37)29-27-21-8-4-5-9-22(21)28(30(29)32(35)38)24-11-7-6-10-23(24)27/h4-15,18,25,27-30H,16-17H2,1-3H3,(H,34,36)/t25-,27?,28?,29-,30-/m0/s1. The van der Waals surface area contributed by atoms with Crippen LogP contribution in [0.4, 0.5) is 5.69 Å². The number of benzene rings is 3. The van der Waals surface area contributed by atoms with E-state index in [-0.39, 0.29) is 36.0 Å². The van der Waals surface area contributed by atoms with Crippen molar-refractivity contribution in [1.29, 1.82) is 0 Å². The first kappa shape index (κ1) is 26.7. The van der Waals surface area contributed by atoms with Crippen molar-refractivity contribution >= 4 is 29.4 Å². The minimum absolute atomic E-state index is 0.00461. The van der Waals surface area contributed by atoms with Crippen molar-refractivity contribution < 1.29 is 28.7 Å². The summed E-state index contributed by atoms with van der Waals surface area (Å²) in [6.07, 6.45) is 0.241. The summed E-state index contributed by atoms with van der Waals surface area (Å²) in [6, 6.07) is 21.7. The second-order valence-corrected chi connectivity index (χ2v) is 11.3. The largest absolute Gasteiger partial charge is 0.497 e. The van der Waals surface area contributed by atoms with E-state index in [1.807, 2.05) is 62.4 Å². The molecular weight excluding hydrogens is 520 g/mol. The number of methoxy groups -OCH3 is 1. The number of hydrogen-bond donors (Lipinski definition) is 1. The third-order valence-corrected chi connectivity index (χ3v) is 8.48. The van der Waals surface area contributed by atoms with Gasteiger partial charge in [-0.2, -0.15) is 0 Å². The second-order valence-electron chi connectivity index (χ2n) is 11.3. The Bertz CT molecular complexity index is 1420. The van der Waals surface area contributed by atoms with Crippen molar-refractivity contribution in [1.82, 2.24) is 4.90 Å². The number of carbonyl (C=O) groups is 4. The van der Waals surface area contributed by atoms with Crippen LogP contribution in [0, 0.1) is 17.8 Å². The summed E-state index contributed by atoms with van der Waals surface area (Å²) in [6.45, 7) is 3.30. The number of esters is 1. The summed E-state index contributed by atoms with van der Waals surface area (Å²) in [4.78, 5) is 55.4. The molecule has 0 aromatic heterocycles. The molecule has 0 saturated carbocycles. The zero-order valence-corrected chi connectivity index (χ0v) is 23.2. The molecule has 1 fully saturated rings. The molecule has 0 radical (unpaired) electrons. The summed E-state index contributed by atoms with van der Waals surface area (Å²) in [7, 11) is 1.55. The number of nitrogens with one attached hydrogen (secondary N) is 1. The summed E-state index contributed by atoms with van der Waals surface area (Å²) >= 11 is 0. The van der Waals surface area contributed by atoms with Crippen LogP contribution < -0.4 is 10.1 Å². The van der Waals surface area contributed by atoms with E-state index >= 15 is 0 Å². The molecule has 0 unspecified atom stereocenters. The lowest BCUT2D eigenvalue weighted by Gasteiger charge is -2.45. The number of imide groups is 1. The van der Waals surface area contributed by atoms with E-state index in [1.165, 1.54) is 0 Å². The van der Waals surface area contributed by atoms with Crippen molar-refractivity contribution in [3.05, 3.63) is 95.1 Å². The van der Waals surface area contributed by atoms with Gasteiger partial charge in [-0.1, -0.05) is 62.4 Å². The van der Waals surface area contributed by atoms with Gasteiger partial charge in [-0.3, -0.25) is 19.3 Å². The molecule has 1 heterocycles. The van der Waals surface area contributed by atoms with E-state index in [0.717, 1.165) is 27.2 Å². The highest BCUT2D eigenvalue weighted by Gasteiger charge is 2.63. The van der Waals surface area contributed by atoms with Gasteiger partial charge in [-0.25, -0.2) is 4.79 Å². The molecular formula is C33H32N2O6. The summed E-state index contributed by atoms with van der Waals surface area (Å²) in [5.41, 5.74) is 4.80. The number of carbonyl (C=O) groups excluding carboxylic acids is 4. The summed E-state index contributed by atoms with van der Waals surface area (Å²) in [5.74, 6) is -3.02. The lowest BCUT2D eigenvalue weighted by Crippen LogP contribution is -2.47. The maximum absolute atomic E-state index is 14.1. The molecule has 3 aromatic rings. The van der Waals surface area contributed by atoms with Crippen molar-refractivity contribution in [2.75, 3.05) is 19.0 Å². The third kappa shape index (κ3) is 4.47. The second kappa shape index (κ2) is 10.5. The molecule has 7 rings (SSSR count). The summed E-state index contributed by atoms with van der Waals surface area (Å²) in [5, 5.41) is 2.68. The first-order valence-electron chi connectivity index (χ1n) is 13.9. The number of amides is 3. The molecule has 3 aliphatic carbocycles. The van der Waals surface area contributed by atoms with Crippen LogP contribution in [-0.2, 0) is 23.9 Å². The number of ether oxygens (including phenoxy) is 2. The molecule has 0 spiro atoms. The number of hydrogen-bond acceptors (Lipinski definition) is 6. The van der Waals surface area contributed by atoms with E-state index in [1.54, 1.807) is 31.4 Å². The SMILES string of the molecule is COc1ccc(NC(=O)COC(=O)[C@H](CC(C)C)N2C(=O)[C@H]3C4c5ccccc5C(c5ccccc54)[C@@H]3C2=O)cc1. The van der Waals surface area contributed by atoms with Gasteiger partial charge in [0.05, 0.1) is 18.9 Å². The van der Waals surface area contributed by atoms with E-state index < -0.39 is 36.4 Å². The minimum atomic E-state index is -1.11. The molecule has 210 valence electrons. The van der Waals surface area contributed by atoms with Crippen LogP contribution in [0.25, 0.3) is 0 Å². The van der Waals surface area contributed by atoms with Gasteiger partial charge in [0, 0.05) is 17.5 Å². The van der Waals surface area contributed by atoms with Crippen LogP contribution in [-0.4, -0.2) is 48.3 Å². The molecule has 3 amide bonds. The van der Waals surface area contributed by atoms with Crippen LogP contribution in [0.15, 0.2) is 72.8 Å². The Hall–Kier alpha value is -4.46. The third-order valence-electron chi connectivity index (χ3n) is 8.48. The Morgan fingerprint density at radius 1 is 0.805 bits per heavy atom.